The Labute approximate surface area is 119 Å². The standard InChI is InChI=1S/C12H19N5O4/c1-6(2)13-11-14-9-8(17(11)4-7(19)5-18)10(20)15-12(21)16(9)3/h6-7,18-19H,4-5H2,1-3H3,(H,13,14)(H,15,20,21). The molecule has 0 aliphatic heterocycles. The van der Waals surface area contributed by atoms with Gasteiger partial charge in [-0.05, 0) is 13.8 Å². The quantitative estimate of drug-likeness (QED) is 0.538. The van der Waals surface area contributed by atoms with Crippen molar-refractivity contribution in [2.45, 2.75) is 32.5 Å². The van der Waals surface area contributed by atoms with Crippen molar-refractivity contribution in [2.24, 2.45) is 7.05 Å². The Morgan fingerprint density at radius 1 is 1.38 bits per heavy atom. The Balaban J connectivity index is 2.73. The normalized spacial score (nSPS) is 13.0. The summed E-state index contributed by atoms with van der Waals surface area (Å²) in [6, 6.07) is 0.0444. The SMILES string of the molecule is CC(C)Nc1nc2c(c(=O)[nH]c(=O)n2C)n1CC(O)CO. The van der Waals surface area contributed by atoms with Gasteiger partial charge in [-0.15, -0.1) is 0 Å². The average Bonchev–Trinajstić information content (AvgIpc) is 2.74. The van der Waals surface area contributed by atoms with Crippen LogP contribution in [0, 0.1) is 0 Å². The lowest BCUT2D eigenvalue weighted by molar-refractivity contribution is 0.0824. The highest BCUT2D eigenvalue weighted by Crippen LogP contribution is 2.16. The monoisotopic (exact) mass is 297 g/mol. The summed E-state index contributed by atoms with van der Waals surface area (Å²) >= 11 is 0. The van der Waals surface area contributed by atoms with Crippen LogP contribution in [0.3, 0.4) is 0 Å². The van der Waals surface area contributed by atoms with E-state index in [1.807, 2.05) is 13.8 Å². The molecule has 0 aliphatic carbocycles. The van der Waals surface area contributed by atoms with Crippen molar-refractivity contribution in [1.29, 1.82) is 0 Å². The lowest BCUT2D eigenvalue weighted by atomic mass is 10.3. The zero-order valence-corrected chi connectivity index (χ0v) is 12.1. The molecule has 0 fully saturated rings. The van der Waals surface area contributed by atoms with Crippen molar-refractivity contribution < 1.29 is 10.2 Å². The van der Waals surface area contributed by atoms with E-state index in [1.165, 1.54) is 16.2 Å². The fourth-order valence-corrected chi connectivity index (χ4v) is 2.05. The Morgan fingerprint density at radius 3 is 2.62 bits per heavy atom. The molecule has 4 N–H and O–H groups in total. The second-order valence-corrected chi connectivity index (χ2v) is 5.17. The summed E-state index contributed by atoms with van der Waals surface area (Å²) in [5, 5.41) is 21.7. The molecule has 21 heavy (non-hydrogen) atoms. The molecule has 0 amide bonds. The Hall–Kier alpha value is -2.13. The molecule has 1 atom stereocenters. The highest BCUT2D eigenvalue weighted by Gasteiger charge is 2.19. The molecule has 0 saturated heterocycles. The Bertz CT molecular complexity index is 757. The van der Waals surface area contributed by atoms with Crippen molar-refractivity contribution in [3.05, 3.63) is 20.8 Å². The molecule has 2 aromatic rings. The van der Waals surface area contributed by atoms with Gasteiger partial charge in [-0.2, -0.15) is 4.98 Å². The number of fused-ring (bicyclic) bond motifs is 1. The molecule has 1 unspecified atom stereocenters. The van der Waals surface area contributed by atoms with E-state index >= 15 is 0 Å². The number of aryl methyl sites for hydroxylation is 1. The van der Waals surface area contributed by atoms with E-state index in [-0.39, 0.29) is 23.8 Å². The third-order valence-corrected chi connectivity index (χ3v) is 3.03. The van der Waals surface area contributed by atoms with Crippen LogP contribution in [-0.4, -0.2) is 48.1 Å². The van der Waals surface area contributed by atoms with Gasteiger partial charge in [-0.1, -0.05) is 0 Å². The topological polar surface area (TPSA) is 125 Å². The van der Waals surface area contributed by atoms with Crippen molar-refractivity contribution in [3.8, 4) is 0 Å². The third-order valence-electron chi connectivity index (χ3n) is 3.03. The van der Waals surface area contributed by atoms with Crippen LogP contribution in [0.15, 0.2) is 9.59 Å². The molecule has 2 aromatic heterocycles. The minimum absolute atomic E-state index is 0.0106. The maximum atomic E-state index is 12.0. The lowest BCUT2D eigenvalue weighted by Gasteiger charge is -2.14. The van der Waals surface area contributed by atoms with Crippen LogP contribution in [0.25, 0.3) is 11.2 Å². The van der Waals surface area contributed by atoms with Gasteiger partial charge < -0.3 is 20.1 Å². The van der Waals surface area contributed by atoms with Gasteiger partial charge in [0.1, 0.15) is 0 Å². The smallest absolute Gasteiger partial charge is 0.329 e. The van der Waals surface area contributed by atoms with Gasteiger partial charge in [-0.3, -0.25) is 14.3 Å². The van der Waals surface area contributed by atoms with Gasteiger partial charge in [0.2, 0.25) is 5.95 Å². The van der Waals surface area contributed by atoms with E-state index in [0.717, 1.165) is 0 Å². The predicted molar refractivity (Wildman–Crippen MR) is 77.4 cm³/mol. The zero-order valence-electron chi connectivity index (χ0n) is 12.1. The van der Waals surface area contributed by atoms with Crippen molar-refractivity contribution >= 4 is 17.1 Å². The number of aliphatic hydroxyl groups excluding tert-OH is 2. The van der Waals surface area contributed by atoms with Crippen molar-refractivity contribution in [2.75, 3.05) is 11.9 Å². The first-order valence-electron chi connectivity index (χ1n) is 6.60. The van der Waals surface area contributed by atoms with E-state index < -0.39 is 24.0 Å². The van der Waals surface area contributed by atoms with Crippen molar-refractivity contribution in [1.82, 2.24) is 19.1 Å². The number of anilines is 1. The van der Waals surface area contributed by atoms with Crippen molar-refractivity contribution in [3.63, 3.8) is 0 Å². The predicted octanol–water partition coefficient (Wildman–Crippen LogP) is -1.40. The first-order chi connectivity index (χ1) is 9.85. The number of hydrogen-bond acceptors (Lipinski definition) is 6. The number of H-pyrrole nitrogens is 1. The molecule has 2 rings (SSSR count). The minimum Gasteiger partial charge on any atom is -0.394 e. The number of rotatable bonds is 5. The maximum absolute atomic E-state index is 12.0. The van der Waals surface area contributed by atoms with Crippen LogP contribution >= 0.6 is 0 Å². The van der Waals surface area contributed by atoms with Crippen LogP contribution in [-0.2, 0) is 13.6 Å². The molecule has 0 bridgehead atoms. The summed E-state index contributed by atoms with van der Waals surface area (Å²) in [5.41, 5.74) is -0.747. The van der Waals surface area contributed by atoms with Gasteiger partial charge in [0.25, 0.3) is 5.56 Å². The number of nitrogens with one attached hydrogen (secondary N) is 2. The number of aromatic nitrogens is 4. The summed E-state index contributed by atoms with van der Waals surface area (Å²) in [6.07, 6.45) is -1.04. The molecule has 9 nitrogen and oxygen atoms in total. The van der Waals surface area contributed by atoms with Gasteiger partial charge in [0.15, 0.2) is 11.2 Å². The Morgan fingerprint density at radius 2 is 2.05 bits per heavy atom. The highest BCUT2D eigenvalue weighted by atomic mass is 16.3. The number of nitrogens with zero attached hydrogens (tertiary/aromatic N) is 3. The van der Waals surface area contributed by atoms with E-state index in [0.29, 0.717) is 5.95 Å². The van der Waals surface area contributed by atoms with Gasteiger partial charge >= 0.3 is 5.69 Å². The third kappa shape index (κ3) is 2.83. The number of imidazole rings is 1. The van der Waals surface area contributed by atoms with Crippen LogP contribution in [0.4, 0.5) is 5.95 Å². The molecule has 9 heteroatoms. The minimum atomic E-state index is -1.04. The number of hydrogen-bond donors (Lipinski definition) is 4. The summed E-state index contributed by atoms with van der Waals surface area (Å²) in [5.74, 6) is 0.360. The van der Waals surface area contributed by atoms with Gasteiger partial charge in [-0.25, -0.2) is 4.79 Å². The summed E-state index contributed by atoms with van der Waals surface area (Å²) in [7, 11) is 1.50. The van der Waals surface area contributed by atoms with Crippen LogP contribution < -0.4 is 16.6 Å². The molecule has 0 aliphatic rings. The fraction of sp³-hybridized carbons (Fsp3) is 0.583. The zero-order chi connectivity index (χ0) is 15.7. The summed E-state index contributed by atoms with van der Waals surface area (Å²) in [4.78, 5) is 30.1. The molecular formula is C12H19N5O4. The van der Waals surface area contributed by atoms with E-state index in [1.54, 1.807) is 0 Å². The number of aliphatic hydroxyl groups is 2. The number of aromatic amines is 1. The van der Waals surface area contributed by atoms with Crippen LogP contribution in [0.1, 0.15) is 13.8 Å². The maximum Gasteiger partial charge on any atom is 0.329 e. The van der Waals surface area contributed by atoms with E-state index in [2.05, 4.69) is 15.3 Å². The van der Waals surface area contributed by atoms with Gasteiger partial charge in [0.05, 0.1) is 19.3 Å². The van der Waals surface area contributed by atoms with Crippen LogP contribution in [0.5, 0.6) is 0 Å². The average molecular weight is 297 g/mol. The van der Waals surface area contributed by atoms with E-state index in [4.69, 9.17) is 5.11 Å². The van der Waals surface area contributed by atoms with E-state index in [9.17, 15) is 14.7 Å². The molecule has 116 valence electrons. The lowest BCUT2D eigenvalue weighted by Crippen LogP contribution is -2.30. The fourth-order valence-electron chi connectivity index (χ4n) is 2.05. The molecule has 0 spiro atoms. The summed E-state index contributed by atoms with van der Waals surface area (Å²) in [6.45, 7) is 3.35. The highest BCUT2D eigenvalue weighted by molar-refractivity contribution is 5.74. The first kappa shape index (κ1) is 15.3. The van der Waals surface area contributed by atoms with Gasteiger partial charge in [0, 0.05) is 13.1 Å². The first-order valence-corrected chi connectivity index (χ1v) is 6.60. The van der Waals surface area contributed by atoms with Crippen LogP contribution in [0.2, 0.25) is 0 Å². The second-order valence-electron chi connectivity index (χ2n) is 5.17. The second kappa shape index (κ2) is 5.70. The molecule has 0 aromatic carbocycles. The summed E-state index contributed by atoms with van der Waals surface area (Å²) < 4.78 is 2.69. The Kier molecular flexibility index (Phi) is 4.14. The molecule has 0 radical (unpaired) electrons. The molecule has 2 heterocycles. The largest absolute Gasteiger partial charge is 0.394 e. The molecule has 0 saturated carbocycles. The molecular weight excluding hydrogens is 278 g/mol.